The number of benzene rings is 1. The SMILES string of the molecule is O=C(CCN1C(=O)[C@@H]2CCCC[C@H]2C1=O)Nc1cccc2ncccc12. The predicted molar refractivity (Wildman–Crippen MR) is 97.2 cm³/mol. The molecule has 2 heterocycles. The van der Waals surface area contributed by atoms with E-state index in [9.17, 15) is 14.4 Å². The average Bonchev–Trinajstić information content (AvgIpc) is 2.91. The Balaban J connectivity index is 1.41. The van der Waals surface area contributed by atoms with Crippen LogP contribution in [0, 0.1) is 11.8 Å². The van der Waals surface area contributed by atoms with Crippen LogP contribution in [0.4, 0.5) is 5.69 Å². The first-order valence-electron chi connectivity index (χ1n) is 9.14. The van der Waals surface area contributed by atoms with E-state index in [-0.39, 0.29) is 42.5 Å². The molecule has 26 heavy (non-hydrogen) atoms. The molecular weight excluding hydrogens is 330 g/mol. The summed E-state index contributed by atoms with van der Waals surface area (Å²) >= 11 is 0. The smallest absolute Gasteiger partial charge is 0.233 e. The van der Waals surface area contributed by atoms with Crippen LogP contribution in [0.5, 0.6) is 0 Å². The van der Waals surface area contributed by atoms with E-state index in [1.807, 2.05) is 30.3 Å². The zero-order valence-electron chi connectivity index (χ0n) is 14.5. The van der Waals surface area contributed by atoms with Gasteiger partial charge < -0.3 is 5.32 Å². The van der Waals surface area contributed by atoms with Crippen molar-refractivity contribution in [2.45, 2.75) is 32.1 Å². The number of nitrogens with zero attached hydrogens (tertiary/aromatic N) is 2. The van der Waals surface area contributed by atoms with E-state index in [1.165, 1.54) is 4.90 Å². The molecule has 0 bridgehead atoms. The molecule has 1 aromatic heterocycles. The average molecular weight is 351 g/mol. The molecule has 0 spiro atoms. The van der Waals surface area contributed by atoms with Crippen molar-refractivity contribution in [1.29, 1.82) is 0 Å². The Morgan fingerprint density at radius 2 is 1.81 bits per heavy atom. The van der Waals surface area contributed by atoms with Gasteiger partial charge in [-0.05, 0) is 37.1 Å². The fourth-order valence-corrected chi connectivity index (χ4v) is 4.09. The molecule has 1 saturated carbocycles. The van der Waals surface area contributed by atoms with E-state index in [0.717, 1.165) is 36.6 Å². The number of amides is 3. The number of pyridine rings is 1. The number of hydrogen-bond donors (Lipinski definition) is 1. The monoisotopic (exact) mass is 351 g/mol. The zero-order chi connectivity index (χ0) is 18.1. The zero-order valence-corrected chi connectivity index (χ0v) is 14.5. The van der Waals surface area contributed by atoms with Crippen molar-refractivity contribution < 1.29 is 14.4 Å². The van der Waals surface area contributed by atoms with Gasteiger partial charge in [0.15, 0.2) is 0 Å². The molecule has 0 unspecified atom stereocenters. The van der Waals surface area contributed by atoms with Crippen molar-refractivity contribution in [2.75, 3.05) is 11.9 Å². The van der Waals surface area contributed by atoms with Crippen LogP contribution >= 0.6 is 0 Å². The fourth-order valence-electron chi connectivity index (χ4n) is 4.09. The summed E-state index contributed by atoms with van der Waals surface area (Å²) in [6.45, 7) is 0.152. The summed E-state index contributed by atoms with van der Waals surface area (Å²) < 4.78 is 0. The number of likely N-dealkylation sites (tertiary alicyclic amines) is 1. The van der Waals surface area contributed by atoms with E-state index in [1.54, 1.807) is 6.20 Å². The molecule has 1 aliphatic carbocycles. The minimum Gasteiger partial charge on any atom is -0.325 e. The predicted octanol–water partition coefficient (Wildman–Crippen LogP) is 2.74. The summed E-state index contributed by atoms with van der Waals surface area (Å²) in [5, 5.41) is 3.74. The van der Waals surface area contributed by atoms with E-state index >= 15 is 0 Å². The molecule has 6 heteroatoms. The lowest BCUT2D eigenvalue weighted by molar-refractivity contribution is -0.140. The van der Waals surface area contributed by atoms with Crippen molar-refractivity contribution in [1.82, 2.24) is 9.88 Å². The third-order valence-corrected chi connectivity index (χ3v) is 5.41. The van der Waals surface area contributed by atoms with Gasteiger partial charge in [0.25, 0.3) is 0 Å². The summed E-state index contributed by atoms with van der Waals surface area (Å²) in [5.74, 6) is -0.729. The van der Waals surface area contributed by atoms with Crippen LogP contribution < -0.4 is 5.32 Å². The quantitative estimate of drug-likeness (QED) is 0.859. The maximum absolute atomic E-state index is 12.5. The highest BCUT2D eigenvalue weighted by atomic mass is 16.2. The van der Waals surface area contributed by atoms with Gasteiger partial charge >= 0.3 is 0 Å². The van der Waals surface area contributed by atoms with Crippen LogP contribution in [0.2, 0.25) is 0 Å². The minimum atomic E-state index is -0.211. The molecule has 4 rings (SSSR count). The first-order valence-corrected chi connectivity index (χ1v) is 9.14. The number of fused-ring (bicyclic) bond motifs is 2. The lowest BCUT2D eigenvalue weighted by Crippen LogP contribution is -2.34. The van der Waals surface area contributed by atoms with Gasteiger partial charge in [-0.1, -0.05) is 18.9 Å². The molecular formula is C20H21N3O3. The Kier molecular flexibility index (Phi) is 4.41. The summed E-state index contributed by atoms with van der Waals surface area (Å²) in [5.41, 5.74) is 1.49. The first kappa shape index (κ1) is 16.7. The van der Waals surface area contributed by atoms with Gasteiger partial charge in [-0.2, -0.15) is 0 Å². The number of rotatable bonds is 4. The van der Waals surface area contributed by atoms with Crippen molar-refractivity contribution in [3.8, 4) is 0 Å². The van der Waals surface area contributed by atoms with Crippen molar-refractivity contribution in [3.05, 3.63) is 36.5 Å². The molecule has 2 aromatic rings. The molecule has 3 amide bonds. The van der Waals surface area contributed by atoms with Gasteiger partial charge in [-0.15, -0.1) is 0 Å². The topological polar surface area (TPSA) is 79.4 Å². The Hall–Kier alpha value is -2.76. The van der Waals surface area contributed by atoms with Crippen LogP contribution in [0.25, 0.3) is 10.9 Å². The first-order chi connectivity index (χ1) is 12.6. The Morgan fingerprint density at radius 3 is 2.54 bits per heavy atom. The third-order valence-electron chi connectivity index (χ3n) is 5.41. The lowest BCUT2D eigenvalue weighted by atomic mass is 9.81. The molecule has 6 nitrogen and oxygen atoms in total. The molecule has 0 radical (unpaired) electrons. The van der Waals surface area contributed by atoms with E-state index in [2.05, 4.69) is 10.3 Å². The molecule has 134 valence electrons. The van der Waals surface area contributed by atoms with Crippen LogP contribution in [-0.2, 0) is 14.4 Å². The van der Waals surface area contributed by atoms with E-state index < -0.39 is 0 Å². The molecule has 2 aliphatic rings. The second kappa shape index (κ2) is 6.86. The van der Waals surface area contributed by atoms with Gasteiger partial charge in [0, 0.05) is 24.5 Å². The molecule has 2 fully saturated rings. The summed E-state index contributed by atoms with van der Waals surface area (Å²) in [6.07, 6.45) is 5.40. The molecule has 2 atom stereocenters. The van der Waals surface area contributed by atoms with Gasteiger partial charge in [0.05, 0.1) is 23.0 Å². The second-order valence-electron chi connectivity index (χ2n) is 7.00. The number of carbonyl (C=O) groups is 3. The van der Waals surface area contributed by atoms with E-state index in [4.69, 9.17) is 0 Å². The normalized spacial score (nSPS) is 22.5. The fraction of sp³-hybridized carbons (Fsp3) is 0.400. The number of hydrogen-bond acceptors (Lipinski definition) is 4. The highest BCUT2D eigenvalue weighted by molar-refractivity contribution is 6.06. The van der Waals surface area contributed by atoms with Crippen molar-refractivity contribution in [3.63, 3.8) is 0 Å². The number of carbonyl (C=O) groups excluding carboxylic acids is 3. The Bertz CT molecular complexity index is 850. The second-order valence-corrected chi connectivity index (χ2v) is 7.00. The summed E-state index contributed by atoms with van der Waals surface area (Å²) in [6, 6.07) is 9.26. The van der Waals surface area contributed by atoms with Crippen LogP contribution in [0.1, 0.15) is 32.1 Å². The standard InChI is InChI=1S/C20H21N3O3/c24-18(22-17-9-3-8-16-15(17)7-4-11-21-16)10-12-23-19(25)13-5-1-2-6-14(13)20(23)26/h3-4,7-9,11,13-14H,1-2,5-6,10,12H2,(H,22,24)/t13-,14-/m1/s1. The molecule has 1 aliphatic heterocycles. The van der Waals surface area contributed by atoms with Crippen molar-refractivity contribution >= 4 is 34.3 Å². The molecule has 1 saturated heterocycles. The summed E-state index contributed by atoms with van der Waals surface area (Å²) in [4.78, 5) is 42.8. The van der Waals surface area contributed by atoms with Crippen LogP contribution in [0.15, 0.2) is 36.5 Å². The lowest BCUT2D eigenvalue weighted by Gasteiger charge is -2.19. The number of imide groups is 1. The third kappa shape index (κ3) is 2.96. The maximum atomic E-state index is 12.5. The van der Waals surface area contributed by atoms with Gasteiger partial charge in [-0.3, -0.25) is 24.3 Å². The number of anilines is 1. The largest absolute Gasteiger partial charge is 0.325 e. The van der Waals surface area contributed by atoms with Crippen molar-refractivity contribution in [2.24, 2.45) is 11.8 Å². The Morgan fingerprint density at radius 1 is 1.08 bits per heavy atom. The Labute approximate surface area is 151 Å². The van der Waals surface area contributed by atoms with E-state index in [0.29, 0.717) is 5.69 Å². The minimum absolute atomic E-state index is 0.0955. The highest BCUT2D eigenvalue weighted by Crippen LogP contribution is 2.38. The molecule has 1 aromatic carbocycles. The maximum Gasteiger partial charge on any atom is 0.233 e. The summed E-state index contributed by atoms with van der Waals surface area (Å²) in [7, 11) is 0. The van der Waals surface area contributed by atoms with Gasteiger partial charge in [-0.25, -0.2) is 0 Å². The van der Waals surface area contributed by atoms with Crippen LogP contribution in [0.3, 0.4) is 0 Å². The molecule has 1 N–H and O–H groups in total. The van der Waals surface area contributed by atoms with Gasteiger partial charge in [0.2, 0.25) is 17.7 Å². The number of nitrogens with one attached hydrogen (secondary N) is 1. The van der Waals surface area contributed by atoms with Crippen LogP contribution in [-0.4, -0.2) is 34.2 Å². The number of aromatic nitrogens is 1. The van der Waals surface area contributed by atoms with Gasteiger partial charge in [0.1, 0.15) is 0 Å². The highest BCUT2D eigenvalue weighted by Gasteiger charge is 2.47.